The van der Waals surface area contributed by atoms with E-state index in [1.54, 1.807) is 18.2 Å². The molecule has 0 aliphatic carbocycles. The van der Waals surface area contributed by atoms with Gasteiger partial charge in [0.25, 0.3) is 0 Å². The fourth-order valence-corrected chi connectivity index (χ4v) is 2.77. The Hall–Kier alpha value is -2.03. The Kier molecular flexibility index (Phi) is 15.2. The monoisotopic (exact) mass is 684 g/mol. The van der Waals surface area contributed by atoms with Crippen molar-refractivity contribution in [3.8, 4) is 0 Å². The van der Waals surface area contributed by atoms with Gasteiger partial charge in [-0.3, -0.25) is 0 Å². The van der Waals surface area contributed by atoms with Crippen molar-refractivity contribution >= 4 is 41.1 Å². The normalized spacial score (nSPS) is 12.4. The number of alkyl halides is 13. The Labute approximate surface area is 232 Å². The van der Waals surface area contributed by atoms with Gasteiger partial charge >= 0.3 is 38.9 Å². The van der Waals surface area contributed by atoms with E-state index in [0.717, 1.165) is 17.0 Å². The molecule has 2 aromatic carbocycles. The molecule has 232 valence electrons. The van der Waals surface area contributed by atoms with E-state index in [9.17, 15) is 52.7 Å². The lowest BCUT2D eigenvalue weighted by Gasteiger charge is -2.23. The molecule has 0 saturated carbocycles. The highest BCUT2D eigenvalue weighted by Gasteiger charge is 2.58. The smallest absolute Gasteiger partial charge is 0.423 e. The number of halogens is 13. The molecule has 0 aromatic heterocycles. The molecule has 0 aliphatic heterocycles. The summed E-state index contributed by atoms with van der Waals surface area (Å²) in [6.07, 6.45) is -30.5. The zero-order valence-corrected chi connectivity index (χ0v) is 21.5. The maximum Gasteiger partial charge on any atom is 0.488 e. The van der Waals surface area contributed by atoms with Crippen molar-refractivity contribution in [2.75, 3.05) is 0 Å². The van der Waals surface area contributed by atoms with E-state index in [4.69, 9.17) is 25.2 Å². The first-order valence-electron chi connectivity index (χ1n) is 10.4. The van der Waals surface area contributed by atoms with Gasteiger partial charge in [-0.05, 0) is 22.1 Å². The second-order valence-corrected chi connectivity index (χ2v) is 8.19. The number of ether oxygens (including phenoxy) is 1. The molecule has 0 fully saturated rings. The van der Waals surface area contributed by atoms with Gasteiger partial charge in [0.2, 0.25) is 12.2 Å². The molecule has 21 heteroatoms. The van der Waals surface area contributed by atoms with Gasteiger partial charge in [0, 0.05) is 5.33 Å². The molecule has 0 saturated heterocycles. The molecule has 0 spiro atoms. The highest BCUT2D eigenvalue weighted by Crippen LogP contribution is 2.36. The second kappa shape index (κ2) is 16.0. The summed E-state index contributed by atoms with van der Waals surface area (Å²) < 4.78 is 143. The summed E-state index contributed by atoms with van der Waals surface area (Å²) >= 11 is 3.28. The number of benzene rings is 2. The lowest BCUT2D eigenvalue weighted by Crippen LogP contribution is -2.44. The topological polar surface area (TPSA) is 110 Å². The van der Waals surface area contributed by atoms with Gasteiger partial charge in [-0.1, -0.05) is 64.5 Å². The first-order chi connectivity index (χ1) is 18.4. The Balaban J connectivity index is 0.000000644. The molecule has 2 rings (SSSR count). The van der Waals surface area contributed by atoms with Crippen molar-refractivity contribution < 1.29 is 82.6 Å². The second-order valence-electron chi connectivity index (χ2n) is 7.63. The molecule has 0 heterocycles. The third-order valence-electron chi connectivity index (χ3n) is 4.28. The molecule has 6 nitrogen and oxygen atoms in total. The van der Waals surface area contributed by atoms with E-state index in [1.807, 2.05) is 6.07 Å². The van der Waals surface area contributed by atoms with E-state index in [-0.39, 0.29) is 11.0 Å². The number of aliphatic hydroxyl groups excluding tert-OH is 1. The molecule has 41 heavy (non-hydrogen) atoms. The summed E-state index contributed by atoms with van der Waals surface area (Å²) in [5.74, 6) is 0. The fraction of sp³-hybridized carbons (Fsp3) is 0.400. The number of aliphatic hydroxyl groups is 1. The van der Waals surface area contributed by atoms with Crippen LogP contribution in [0.15, 0.2) is 48.5 Å². The Morgan fingerprint density at radius 2 is 1.00 bits per heavy atom. The van der Waals surface area contributed by atoms with Gasteiger partial charge in [-0.25, -0.2) is 0 Å². The summed E-state index contributed by atoms with van der Waals surface area (Å²) in [6, 6.07) is 11.9. The average Bonchev–Trinajstić information content (AvgIpc) is 2.82. The zero-order valence-electron chi connectivity index (χ0n) is 19.9. The van der Waals surface area contributed by atoms with Crippen LogP contribution in [0.5, 0.6) is 0 Å². The molecule has 0 atom stereocenters. The number of hydrogen-bond donors (Lipinski definition) is 5. The maximum atomic E-state index is 12.2. The van der Waals surface area contributed by atoms with Crippen LogP contribution in [0.4, 0.5) is 52.7 Å². The van der Waals surface area contributed by atoms with Crippen molar-refractivity contribution in [2.24, 2.45) is 0 Å². The van der Waals surface area contributed by atoms with E-state index in [1.165, 1.54) is 18.2 Å². The molecule has 0 aliphatic rings. The molecule has 0 bridgehead atoms. The molecule has 5 N–H and O–H groups in total. The van der Waals surface area contributed by atoms with Crippen molar-refractivity contribution in [3.63, 3.8) is 0 Å². The van der Waals surface area contributed by atoms with Crippen LogP contribution in [0.1, 0.15) is 11.1 Å². The summed E-state index contributed by atoms with van der Waals surface area (Å²) in [6.45, 7) is -0.968. The van der Waals surface area contributed by atoms with Gasteiger partial charge in [0.15, 0.2) is 0 Å². The lowest BCUT2D eigenvalue weighted by atomic mass is 9.80. The molecule has 0 unspecified atom stereocenters. The highest BCUT2D eigenvalue weighted by molar-refractivity contribution is 9.08. The minimum atomic E-state index is -5.63. The molecular formula is C20H19B2BrF12O6. The third-order valence-corrected chi connectivity index (χ3v) is 4.93. The largest absolute Gasteiger partial charge is 0.488 e. The van der Waals surface area contributed by atoms with E-state index in [0.29, 0.717) is 5.46 Å². The minimum Gasteiger partial charge on any atom is -0.423 e. The Morgan fingerprint density at radius 1 is 0.634 bits per heavy atom. The van der Waals surface area contributed by atoms with Crippen LogP contribution in [-0.2, 0) is 16.7 Å². The van der Waals surface area contributed by atoms with Crippen LogP contribution in [0.2, 0.25) is 0 Å². The van der Waals surface area contributed by atoms with Crippen molar-refractivity contribution in [1.82, 2.24) is 0 Å². The third kappa shape index (κ3) is 15.1. The summed E-state index contributed by atoms with van der Waals surface area (Å²) in [5, 5.41) is 43.4. The first kappa shape index (κ1) is 39.0. The van der Waals surface area contributed by atoms with Crippen molar-refractivity contribution in [2.45, 2.75) is 48.9 Å². The summed E-state index contributed by atoms with van der Waals surface area (Å²) in [7, 11) is -3.25. The van der Waals surface area contributed by atoms with Gasteiger partial charge in [0.1, 0.15) is 0 Å². The van der Waals surface area contributed by atoms with Crippen LogP contribution in [0.3, 0.4) is 0 Å². The van der Waals surface area contributed by atoms with Gasteiger partial charge in [0.05, 0.1) is 6.61 Å². The minimum absolute atomic E-state index is 0.0471. The fourth-order valence-electron chi connectivity index (χ4n) is 2.42. The van der Waals surface area contributed by atoms with Crippen LogP contribution in [0, 0.1) is 0 Å². The standard InChI is InChI=1S/C10H9BF6O3.C7H8BBrO2.C3H2F6O/c12-9(13,14)8(10(15,16)17)20-5-6-2-1-3-7(4-6)11(18)19;9-5-6-2-1-3-7(4-6)8(10)11;4-2(5,6)1(10)3(7,8)9/h1-4,8,18-19H,5H2;1-4,10-11H,5H2;1,10H. The Morgan fingerprint density at radius 3 is 1.29 bits per heavy atom. The van der Waals surface area contributed by atoms with Crippen LogP contribution < -0.4 is 10.9 Å². The lowest BCUT2D eigenvalue weighted by molar-refractivity contribution is -0.324. The Bertz CT molecular complexity index is 1020. The van der Waals surface area contributed by atoms with Gasteiger partial charge < -0.3 is 29.9 Å². The average molecular weight is 685 g/mol. The van der Waals surface area contributed by atoms with Gasteiger partial charge in [-0.2, -0.15) is 52.7 Å². The molecular weight excluding hydrogens is 666 g/mol. The molecule has 0 amide bonds. The number of rotatable bonds is 6. The summed E-state index contributed by atoms with van der Waals surface area (Å²) in [4.78, 5) is 0. The molecule has 0 radical (unpaired) electrons. The van der Waals surface area contributed by atoms with Crippen molar-refractivity contribution in [1.29, 1.82) is 0 Å². The molecule has 2 aromatic rings. The zero-order chi connectivity index (χ0) is 32.4. The summed E-state index contributed by atoms with van der Waals surface area (Å²) in [5.41, 5.74) is 1.45. The van der Waals surface area contributed by atoms with E-state index >= 15 is 0 Å². The van der Waals surface area contributed by atoms with E-state index < -0.39 is 57.8 Å². The quantitative estimate of drug-likeness (QED) is 0.182. The van der Waals surface area contributed by atoms with Crippen LogP contribution in [0.25, 0.3) is 0 Å². The van der Waals surface area contributed by atoms with Crippen molar-refractivity contribution in [3.05, 3.63) is 59.7 Å². The van der Waals surface area contributed by atoms with Crippen LogP contribution in [-0.4, -0.2) is 76.4 Å². The predicted molar refractivity (Wildman–Crippen MR) is 124 cm³/mol. The van der Waals surface area contributed by atoms with Gasteiger partial charge in [-0.15, -0.1) is 0 Å². The predicted octanol–water partition coefficient (Wildman–Crippen LogP) is 3.11. The SMILES string of the molecule is OB(O)c1cccc(CBr)c1.OB(O)c1cccc(COC(C(F)(F)F)C(F)(F)F)c1.OC(C(F)(F)F)C(F)(F)F. The van der Waals surface area contributed by atoms with E-state index in [2.05, 4.69) is 20.7 Å². The highest BCUT2D eigenvalue weighted by atomic mass is 79.9. The maximum absolute atomic E-state index is 12.2. The first-order valence-corrected chi connectivity index (χ1v) is 11.6. The number of hydrogen-bond acceptors (Lipinski definition) is 6. The van der Waals surface area contributed by atoms with Crippen LogP contribution >= 0.6 is 15.9 Å².